The molecular weight excluding hydrogens is 364 g/mol. The smallest absolute Gasteiger partial charge is 0.233 e. The molecule has 0 spiro atoms. The topological polar surface area (TPSA) is 95.6 Å². The molecule has 4 rings (SSSR count). The molecule has 3 heterocycles. The maximum atomic E-state index is 5.76. The molecule has 1 fully saturated rings. The van der Waals surface area contributed by atoms with Crippen LogP contribution in [0, 0.1) is 0 Å². The molecule has 2 aromatic rings. The highest BCUT2D eigenvalue weighted by Crippen LogP contribution is 2.16. The van der Waals surface area contributed by atoms with E-state index in [0.29, 0.717) is 24.3 Å². The van der Waals surface area contributed by atoms with Crippen LogP contribution in [0.4, 0.5) is 17.6 Å². The van der Waals surface area contributed by atoms with Gasteiger partial charge in [0, 0.05) is 31.9 Å². The van der Waals surface area contributed by atoms with Crippen molar-refractivity contribution in [1.29, 1.82) is 0 Å². The molecule has 0 aliphatic carbocycles. The number of amidine groups is 1. The predicted molar refractivity (Wildman–Crippen MR) is 119 cm³/mol. The Morgan fingerprint density at radius 1 is 1.00 bits per heavy atom. The second kappa shape index (κ2) is 8.40. The van der Waals surface area contributed by atoms with Gasteiger partial charge in [0.05, 0.1) is 6.54 Å². The van der Waals surface area contributed by atoms with Gasteiger partial charge in [-0.15, -0.1) is 0 Å². The Balaban J connectivity index is 1.61. The average molecular weight is 390 g/mol. The highest BCUT2D eigenvalue weighted by atomic mass is 15.3. The summed E-state index contributed by atoms with van der Waals surface area (Å²) in [5, 5.41) is 3.23. The van der Waals surface area contributed by atoms with Crippen molar-refractivity contribution in [1.82, 2.24) is 19.9 Å². The number of hydrogen-bond acceptors (Lipinski definition) is 8. The molecule has 0 saturated carbocycles. The lowest BCUT2D eigenvalue weighted by Gasteiger charge is -2.32. The van der Waals surface area contributed by atoms with Gasteiger partial charge in [-0.3, -0.25) is 4.99 Å². The summed E-state index contributed by atoms with van der Waals surface area (Å²) in [4.78, 5) is 22.9. The van der Waals surface area contributed by atoms with E-state index in [9.17, 15) is 0 Å². The van der Waals surface area contributed by atoms with E-state index in [4.69, 9.17) is 5.73 Å². The van der Waals surface area contributed by atoms with E-state index in [2.05, 4.69) is 49.0 Å². The second-order valence-electron chi connectivity index (χ2n) is 7.42. The molecule has 8 nitrogen and oxygen atoms in total. The van der Waals surface area contributed by atoms with Gasteiger partial charge in [0.2, 0.25) is 11.9 Å². The summed E-state index contributed by atoms with van der Waals surface area (Å²) in [6.07, 6.45) is 5.89. The predicted octanol–water partition coefficient (Wildman–Crippen LogP) is 2.15. The highest BCUT2D eigenvalue weighted by Gasteiger charge is 2.18. The number of rotatable bonds is 4. The molecule has 1 aromatic carbocycles. The van der Waals surface area contributed by atoms with Crippen LogP contribution in [0.3, 0.4) is 0 Å². The number of nitrogen functional groups attached to an aromatic ring is 1. The molecule has 0 radical (unpaired) electrons. The molecule has 1 aromatic heterocycles. The van der Waals surface area contributed by atoms with Crippen LogP contribution in [0.2, 0.25) is 0 Å². The van der Waals surface area contributed by atoms with Gasteiger partial charge in [0.15, 0.2) is 5.82 Å². The summed E-state index contributed by atoms with van der Waals surface area (Å²) in [7, 11) is 2.13. The van der Waals surface area contributed by atoms with Gasteiger partial charge in [-0.2, -0.15) is 15.0 Å². The maximum absolute atomic E-state index is 5.76. The Kier molecular flexibility index (Phi) is 5.53. The van der Waals surface area contributed by atoms with Crippen LogP contribution in [0.5, 0.6) is 0 Å². The molecule has 2 aliphatic rings. The summed E-state index contributed by atoms with van der Waals surface area (Å²) in [6.45, 7) is 6.52. The highest BCUT2D eigenvalue weighted by molar-refractivity contribution is 6.04. The Hall–Kier alpha value is -3.26. The first-order chi connectivity index (χ1) is 14.0. The molecule has 1 saturated heterocycles. The van der Waals surface area contributed by atoms with Gasteiger partial charge in [0.25, 0.3) is 0 Å². The van der Waals surface area contributed by atoms with E-state index in [1.54, 1.807) is 0 Å². The molecule has 0 bridgehead atoms. The Bertz CT molecular complexity index is 953. The minimum absolute atomic E-state index is 0.510. The number of benzene rings is 1. The van der Waals surface area contributed by atoms with Crippen LogP contribution in [-0.4, -0.2) is 65.5 Å². The van der Waals surface area contributed by atoms with Crippen LogP contribution >= 0.6 is 0 Å². The van der Waals surface area contributed by atoms with E-state index in [-0.39, 0.29) is 0 Å². The third-order valence-corrected chi connectivity index (χ3v) is 4.91. The first-order valence-electron chi connectivity index (χ1n) is 9.77. The maximum Gasteiger partial charge on any atom is 0.233 e. The zero-order valence-electron chi connectivity index (χ0n) is 16.8. The van der Waals surface area contributed by atoms with Crippen molar-refractivity contribution in [3.63, 3.8) is 0 Å². The van der Waals surface area contributed by atoms with Gasteiger partial charge in [-0.25, -0.2) is 0 Å². The lowest BCUT2D eigenvalue weighted by atomic mass is 10.2. The fourth-order valence-electron chi connectivity index (χ4n) is 3.16. The summed E-state index contributed by atoms with van der Waals surface area (Å²) >= 11 is 0. The van der Waals surface area contributed by atoms with E-state index in [1.807, 2.05) is 42.5 Å². The van der Waals surface area contributed by atoms with Gasteiger partial charge in [0.1, 0.15) is 5.84 Å². The van der Waals surface area contributed by atoms with Gasteiger partial charge in [-0.05, 0) is 49.4 Å². The van der Waals surface area contributed by atoms with Crippen molar-refractivity contribution in [2.24, 2.45) is 4.99 Å². The summed E-state index contributed by atoms with van der Waals surface area (Å²) in [5.41, 5.74) is 8.75. The molecule has 3 N–H and O–H groups in total. The third-order valence-electron chi connectivity index (χ3n) is 4.91. The van der Waals surface area contributed by atoms with E-state index < -0.39 is 0 Å². The van der Waals surface area contributed by atoms with Crippen molar-refractivity contribution >= 4 is 35.6 Å². The molecule has 0 atom stereocenters. The third kappa shape index (κ3) is 4.97. The number of nitrogens with two attached hydrogens (primary N) is 1. The normalized spacial score (nSPS) is 17.5. The minimum atomic E-state index is 0.510. The fourth-order valence-corrected chi connectivity index (χ4v) is 3.16. The summed E-state index contributed by atoms with van der Waals surface area (Å²) in [6, 6.07) is 7.69. The first kappa shape index (κ1) is 19.1. The zero-order valence-corrected chi connectivity index (χ0v) is 16.8. The lowest BCUT2D eigenvalue weighted by molar-refractivity contribution is 0.311. The summed E-state index contributed by atoms with van der Waals surface area (Å²) in [5.74, 6) is 2.58. The molecule has 8 heteroatoms. The van der Waals surface area contributed by atoms with Crippen molar-refractivity contribution in [3.8, 4) is 0 Å². The Morgan fingerprint density at radius 2 is 1.76 bits per heavy atom. The zero-order chi connectivity index (χ0) is 20.2. The summed E-state index contributed by atoms with van der Waals surface area (Å²) < 4.78 is 0. The van der Waals surface area contributed by atoms with E-state index in [0.717, 1.165) is 43.3 Å². The number of hydrogen-bond donors (Lipinski definition) is 2. The Morgan fingerprint density at radius 3 is 2.45 bits per heavy atom. The first-order valence-corrected chi connectivity index (χ1v) is 9.77. The monoisotopic (exact) mass is 390 g/mol. The molecule has 0 unspecified atom stereocenters. The lowest BCUT2D eigenvalue weighted by Crippen LogP contribution is -2.45. The molecule has 2 aliphatic heterocycles. The average Bonchev–Trinajstić information content (AvgIpc) is 3.12. The molecular formula is C21H26N8. The largest absolute Gasteiger partial charge is 0.399 e. The van der Waals surface area contributed by atoms with Gasteiger partial charge >= 0.3 is 0 Å². The van der Waals surface area contributed by atoms with E-state index >= 15 is 0 Å². The van der Waals surface area contributed by atoms with Crippen molar-refractivity contribution in [2.75, 3.05) is 55.7 Å². The van der Waals surface area contributed by atoms with Crippen molar-refractivity contribution in [2.45, 2.75) is 6.92 Å². The van der Waals surface area contributed by atoms with Crippen LogP contribution in [0.15, 0.2) is 40.9 Å². The SMILES string of the molecule is CC1=CC(Nc2nc(/C=C/c3ccc(N)cc3)nc(N3CCN(C)CC3)n2)=NC1. The number of aromatic nitrogens is 3. The number of nitrogens with zero attached hydrogens (tertiary/aromatic N) is 6. The number of nitrogens with one attached hydrogen (secondary N) is 1. The minimum Gasteiger partial charge on any atom is -0.399 e. The van der Waals surface area contributed by atoms with E-state index in [1.165, 1.54) is 5.57 Å². The van der Waals surface area contributed by atoms with Crippen LogP contribution in [-0.2, 0) is 0 Å². The van der Waals surface area contributed by atoms with Crippen molar-refractivity contribution < 1.29 is 0 Å². The van der Waals surface area contributed by atoms with Crippen LogP contribution in [0.1, 0.15) is 18.3 Å². The second-order valence-corrected chi connectivity index (χ2v) is 7.42. The van der Waals surface area contributed by atoms with Gasteiger partial charge in [-0.1, -0.05) is 18.2 Å². The molecule has 150 valence electrons. The van der Waals surface area contributed by atoms with Crippen molar-refractivity contribution in [3.05, 3.63) is 47.3 Å². The Labute approximate surface area is 170 Å². The quantitative estimate of drug-likeness (QED) is 0.772. The van der Waals surface area contributed by atoms with Crippen LogP contribution < -0.4 is 16.0 Å². The standard InChI is InChI=1S/C21H26N8/c1-15-13-19(23-14-15)25-20-24-18(8-5-16-3-6-17(22)7-4-16)26-21(27-20)29-11-9-28(2)10-12-29/h3-8,13H,9-12,14,22H2,1-2H3,(H,23,24,25,26,27)/b8-5+. The molecule has 29 heavy (non-hydrogen) atoms. The number of likely N-dealkylation sites (N-methyl/N-ethyl adjacent to an activating group) is 1. The number of aliphatic imine (C=N–C) groups is 1. The van der Waals surface area contributed by atoms with Gasteiger partial charge < -0.3 is 20.9 Å². The number of piperazine rings is 1. The fraction of sp³-hybridized carbons (Fsp3) is 0.333. The number of anilines is 3. The molecule has 0 amide bonds. The van der Waals surface area contributed by atoms with Crippen LogP contribution in [0.25, 0.3) is 12.2 Å².